The molecule has 1 aliphatic heterocycles. The third kappa shape index (κ3) is 2.82. The van der Waals surface area contributed by atoms with Gasteiger partial charge in [-0.3, -0.25) is 0 Å². The standard InChI is InChI=1S/C13H18O3/c14-11-13(8-4-5-9-15-13)16-10-12-6-2-1-3-7-12/h1-3,6-7,14H,4-5,8-11H2. The first-order chi connectivity index (χ1) is 7.85. The molecular formula is C13H18O3. The van der Waals surface area contributed by atoms with Crippen LogP contribution in [0.25, 0.3) is 0 Å². The summed E-state index contributed by atoms with van der Waals surface area (Å²) >= 11 is 0. The van der Waals surface area contributed by atoms with Gasteiger partial charge in [0.05, 0.1) is 19.8 Å². The van der Waals surface area contributed by atoms with Gasteiger partial charge in [-0.15, -0.1) is 0 Å². The summed E-state index contributed by atoms with van der Waals surface area (Å²) in [6.07, 6.45) is 2.88. The van der Waals surface area contributed by atoms with Gasteiger partial charge in [-0.25, -0.2) is 0 Å². The Morgan fingerprint density at radius 1 is 1.25 bits per heavy atom. The van der Waals surface area contributed by atoms with E-state index in [1.807, 2.05) is 30.3 Å². The molecule has 0 radical (unpaired) electrons. The van der Waals surface area contributed by atoms with E-state index in [2.05, 4.69) is 0 Å². The fourth-order valence-corrected chi connectivity index (χ4v) is 1.90. The Morgan fingerprint density at radius 2 is 2.06 bits per heavy atom. The molecule has 3 nitrogen and oxygen atoms in total. The third-order valence-electron chi connectivity index (χ3n) is 2.90. The summed E-state index contributed by atoms with van der Waals surface area (Å²) in [7, 11) is 0. The first kappa shape index (κ1) is 11.6. The Morgan fingerprint density at radius 3 is 2.69 bits per heavy atom. The van der Waals surface area contributed by atoms with Crippen molar-refractivity contribution in [1.29, 1.82) is 0 Å². The van der Waals surface area contributed by atoms with Crippen LogP contribution in [0.15, 0.2) is 30.3 Å². The minimum Gasteiger partial charge on any atom is -0.391 e. The average molecular weight is 222 g/mol. The number of aliphatic hydroxyl groups is 1. The Kier molecular flexibility index (Phi) is 3.93. The molecule has 1 fully saturated rings. The van der Waals surface area contributed by atoms with Crippen LogP contribution in [0.5, 0.6) is 0 Å². The van der Waals surface area contributed by atoms with Crippen molar-refractivity contribution in [2.45, 2.75) is 31.7 Å². The zero-order valence-corrected chi connectivity index (χ0v) is 9.39. The predicted octanol–water partition coefficient (Wildman–Crippen LogP) is 2.09. The van der Waals surface area contributed by atoms with Gasteiger partial charge in [0.25, 0.3) is 0 Å². The fourth-order valence-electron chi connectivity index (χ4n) is 1.90. The van der Waals surface area contributed by atoms with Gasteiger partial charge in [0, 0.05) is 6.42 Å². The molecule has 1 heterocycles. The highest BCUT2D eigenvalue weighted by atomic mass is 16.7. The Labute approximate surface area is 96.0 Å². The van der Waals surface area contributed by atoms with Crippen molar-refractivity contribution in [2.75, 3.05) is 13.2 Å². The van der Waals surface area contributed by atoms with E-state index in [4.69, 9.17) is 9.47 Å². The van der Waals surface area contributed by atoms with E-state index in [0.717, 1.165) is 24.8 Å². The number of benzene rings is 1. The lowest BCUT2D eigenvalue weighted by molar-refractivity contribution is -0.277. The first-order valence-electron chi connectivity index (χ1n) is 5.77. The predicted molar refractivity (Wildman–Crippen MR) is 60.9 cm³/mol. The molecule has 1 aromatic carbocycles. The molecule has 3 heteroatoms. The van der Waals surface area contributed by atoms with Crippen LogP contribution in [0.4, 0.5) is 0 Å². The molecule has 0 spiro atoms. The molecule has 0 aromatic heterocycles. The van der Waals surface area contributed by atoms with Crippen LogP contribution >= 0.6 is 0 Å². The molecular weight excluding hydrogens is 204 g/mol. The summed E-state index contributed by atoms with van der Waals surface area (Å²) in [5.74, 6) is -0.770. The molecule has 88 valence electrons. The van der Waals surface area contributed by atoms with Gasteiger partial charge in [-0.1, -0.05) is 30.3 Å². The third-order valence-corrected chi connectivity index (χ3v) is 2.90. The highest BCUT2D eigenvalue weighted by Crippen LogP contribution is 2.26. The average Bonchev–Trinajstić information content (AvgIpc) is 2.39. The minimum absolute atomic E-state index is 0.0696. The quantitative estimate of drug-likeness (QED) is 0.847. The fraction of sp³-hybridized carbons (Fsp3) is 0.538. The number of rotatable bonds is 4. The summed E-state index contributed by atoms with van der Waals surface area (Å²) < 4.78 is 11.3. The van der Waals surface area contributed by atoms with E-state index in [-0.39, 0.29) is 6.61 Å². The van der Waals surface area contributed by atoms with E-state index in [9.17, 15) is 5.11 Å². The monoisotopic (exact) mass is 222 g/mol. The lowest BCUT2D eigenvalue weighted by atomic mass is 10.1. The first-order valence-corrected chi connectivity index (χ1v) is 5.77. The zero-order valence-electron chi connectivity index (χ0n) is 9.39. The van der Waals surface area contributed by atoms with E-state index in [0.29, 0.717) is 13.2 Å². The van der Waals surface area contributed by atoms with Gasteiger partial charge in [-0.2, -0.15) is 0 Å². The number of ether oxygens (including phenoxy) is 2. The van der Waals surface area contributed by atoms with E-state index in [1.54, 1.807) is 0 Å². The van der Waals surface area contributed by atoms with Gasteiger partial charge in [0.2, 0.25) is 0 Å². The lowest BCUT2D eigenvalue weighted by Crippen LogP contribution is -2.42. The number of hydrogen-bond donors (Lipinski definition) is 1. The zero-order chi connectivity index (χ0) is 11.3. The van der Waals surface area contributed by atoms with Crippen LogP contribution in [0.2, 0.25) is 0 Å². The van der Waals surface area contributed by atoms with Crippen molar-refractivity contribution >= 4 is 0 Å². The number of aliphatic hydroxyl groups excluding tert-OH is 1. The molecule has 1 unspecified atom stereocenters. The van der Waals surface area contributed by atoms with Gasteiger partial charge in [0.1, 0.15) is 0 Å². The molecule has 16 heavy (non-hydrogen) atoms. The molecule has 0 bridgehead atoms. The maximum atomic E-state index is 9.37. The van der Waals surface area contributed by atoms with E-state index < -0.39 is 5.79 Å². The SMILES string of the molecule is OCC1(OCc2ccccc2)CCCCO1. The number of hydrogen-bond acceptors (Lipinski definition) is 3. The van der Waals surface area contributed by atoms with Gasteiger partial charge >= 0.3 is 0 Å². The molecule has 1 atom stereocenters. The second kappa shape index (κ2) is 5.43. The topological polar surface area (TPSA) is 38.7 Å². The maximum Gasteiger partial charge on any atom is 0.191 e. The highest BCUT2D eigenvalue weighted by Gasteiger charge is 2.33. The molecule has 0 aliphatic carbocycles. The van der Waals surface area contributed by atoms with Gasteiger partial charge in [0.15, 0.2) is 5.79 Å². The van der Waals surface area contributed by atoms with Gasteiger partial charge in [-0.05, 0) is 18.4 Å². The molecule has 0 amide bonds. The van der Waals surface area contributed by atoms with Crippen LogP contribution in [0.1, 0.15) is 24.8 Å². The summed E-state index contributed by atoms with van der Waals surface area (Å²) in [5, 5.41) is 9.37. The van der Waals surface area contributed by atoms with E-state index >= 15 is 0 Å². The van der Waals surface area contributed by atoms with Crippen molar-refractivity contribution in [3.63, 3.8) is 0 Å². The van der Waals surface area contributed by atoms with Crippen molar-refractivity contribution in [3.8, 4) is 0 Å². The van der Waals surface area contributed by atoms with E-state index in [1.165, 1.54) is 0 Å². The molecule has 1 aromatic rings. The normalized spacial score (nSPS) is 25.6. The molecule has 1 N–H and O–H groups in total. The Bertz CT molecular complexity index is 304. The summed E-state index contributed by atoms with van der Waals surface area (Å²) in [4.78, 5) is 0. The van der Waals surface area contributed by atoms with Crippen LogP contribution in [-0.2, 0) is 16.1 Å². The molecule has 2 rings (SSSR count). The second-order valence-electron chi connectivity index (χ2n) is 4.15. The summed E-state index contributed by atoms with van der Waals surface area (Å²) in [6.45, 7) is 1.09. The van der Waals surface area contributed by atoms with Gasteiger partial charge < -0.3 is 14.6 Å². The van der Waals surface area contributed by atoms with Crippen LogP contribution in [0, 0.1) is 0 Å². The van der Waals surface area contributed by atoms with Crippen molar-refractivity contribution in [2.24, 2.45) is 0 Å². The summed E-state index contributed by atoms with van der Waals surface area (Å²) in [5.41, 5.74) is 1.10. The second-order valence-corrected chi connectivity index (χ2v) is 4.15. The summed E-state index contributed by atoms with van der Waals surface area (Å²) in [6, 6.07) is 9.95. The van der Waals surface area contributed by atoms with Crippen LogP contribution in [0.3, 0.4) is 0 Å². The molecule has 1 saturated heterocycles. The molecule has 0 saturated carbocycles. The maximum absolute atomic E-state index is 9.37. The smallest absolute Gasteiger partial charge is 0.191 e. The lowest BCUT2D eigenvalue weighted by Gasteiger charge is -2.35. The highest BCUT2D eigenvalue weighted by molar-refractivity contribution is 5.13. The largest absolute Gasteiger partial charge is 0.391 e. The Balaban J connectivity index is 1.92. The van der Waals surface area contributed by atoms with Crippen molar-refractivity contribution < 1.29 is 14.6 Å². The minimum atomic E-state index is -0.770. The Hall–Kier alpha value is -0.900. The van der Waals surface area contributed by atoms with Crippen molar-refractivity contribution in [3.05, 3.63) is 35.9 Å². The molecule has 1 aliphatic rings. The van der Waals surface area contributed by atoms with Crippen molar-refractivity contribution in [1.82, 2.24) is 0 Å². The van der Waals surface area contributed by atoms with Crippen LogP contribution in [-0.4, -0.2) is 24.1 Å². The van der Waals surface area contributed by atoms with Crippen LogP contribution < -0.4 is 0 Å².